The molecule has 1 spiro atoms. The molecule has 1 aromatic carbocycles. The number of ether oxygens (including phenoxy) is 1. The highest BCUT2D eigenvalue weighted by Gasteiger charge is 2.67. The molecule has 10 nitrogen and oxygen atoms in total. The van der Waals surface area contributed by atoms with Gasteiger partial charge in [-0.2, -0.15) is 18.3 Å². The van der Waals surface area contributed by atoms with Gasteiger partial charge in [0.1, 0.15) is 12.4 Å². The van der Waals surface area contributed by atoms with Gasteiger partial charge in [0.15, 0.2) is 11.1 Å². The normalized spacial score (nSPS) is 22.0. The largest absolute Gasteiger partial charge is 0.416 e. The smallest absolute Gasteiger partial charge is 0.376 e. The van der Waals surface area contributed by atoms with E-state index >= 15 is 8.78 Å². The maximum atomic E-state index is 15.4. The number of imide groups is 1. The summed E-state index contributed by atoms with van der Waals surface area (Å²) in [7, 11) is 1.65. The number of benzene rings is 1. The Morgan fingerprint density at radius 3 is 2.42 bits per heavy atom. The van der Waals surface area contributed by atoms with Crippen molar-refractivity contribution in [3.05, 3.63) is 71.6 Å². The molecule has 0 saturated carbocycles. The van der Waals surface area contributed by atoms with Crippen molar-refractivity contribution in [3.63, 3.8) is 0 Å². The Hall–Kier alpha value is -4.47. The van der Waals surface area contributed by atoms with Crippen LogP contribution in [0.2, 0.25) is 0 Å². The number of pyridine rings is 1. The molecule has 1 N–H and O–H groups in total. The Labute approximate surface area is 239 Å². The van der Waals surface area contributed by atoms with Gasteiger partial charge < -0.3 is 15.0 Å². The minimum Gasteiger partial charge on any atom is -0.376 e. The van der Waals surface area contributed by atoms with Gasteiger partial charge in [-0.25, -0.2) is 18.0 Å². The highest BCUT2D eigenvalue weighted by atomic mass is 19.4. The van der Waals surface area contributed by atoms with Crippen molar-refractivity contribution in [2.24, 2.45) is 7.05 Å². The number of alkyl halides is 5. The number of urea groups is 1. The highest BCUT2D eigenvalue weighted by molar-refractivity contribution is 6.10. The Kier molecular flexibility index (Phi) is 6.34. The number of carbonyl (C=O) groups is 3. The van der Waals surface area contributed by atoms with E-state index in [9.17, 15) is 31.9 Å². The minimum atomic E-state index is -4.99. The maximum absolute atomic E-state index is 15.4. The predicted molar refractivity (Wildman–Crippen MR) is 133 cm³/mol. The highest BCUT2D eigenvalue weighted by Crippen LogP contribution is 2.53. The third kappa shape index (κ3) is 4.42. The number of aryl methyl sites for hydroxylation is 1. The number of rotatable bonds is 6. The van der Waals surface area contributed by atoms with Crippen LogP contribution in [0.5, 0.6) is 0 Å². The third-order valence-electron chi connectivity index (χ3n) is 8.00. The van der Waals surface area contributed by atoms with Crippen LogP contribution in [0.15, 0.2) is 48.9 Å². The van der Waals surface area contributed by atoms with Gasteiger partial charge >= 0.3 is 12.2 Å². The van der Waals surface area contributed by atoms with Crippen LogP contribution < -0.4 is 5.32 Å². The average molecular weight is 608 g/mol. The summed E-state index contributed by atoms with van der Waals surface area (Å²) in [6, 6.07) is 4.76. The topological polar surface area (TPSA) is 110 Å². The molecular formula is C27H22F6N6O4. The molecule has 3 aromatic rings. The molecule has 4 amide bonds. The molecule has 1 aliphatic carbocycles. The zero-order valence-electron chi connectivity index (χ0n) is 22.3. The summed E-state index contributed by atoms with van der Waals surface area (Å²) in [4.78, 5) is 44.6. The van der Waals surface area contributed by atoms with E-state index in [-0.39, 0.29) is 11.3 Å². The molecule has 0 radical (unpaired) electrons. The number of fused-ring (bicyclic) bond motifs is 2. The molecule has 6 rings (SSSR count). The molecule has 1 atom stereocenters. The molecule has 3 aliphatic rings. The quantitative estimate of drug-likeness (QED) is 0.340. The number of halogens is 6. The summed E-state index contributed by atoms with van der Waals surface area (Å²) in [6.45, 7) is -3.78. The van der Waals surface area contributed by atoms with E-state index in [2.05, 4.69) is 15.4 Å². The van der Waals surface area contributed by atoms with Gasteiger partial charge in [-0.1, -0.05) is 12.1 Å². The summed E-state index contributed by atoms with van der Waals surface area (Å²) in [6.07, 6.45) is -2.31. The number of aromatic nitrogens is 3. The minimum absolute atomic E-state index is 0.104. The molecular weight excluding hydrogens is 586 g/mol. The van der Waals surface area contributed by atoms with Crippen LogP contribution in [-0.2, 0) is 39.4 Å². The van der Waals surface area contributed by atoms with Crippen molar-refractivity contribution in [2.45, 2.75) is 36.1 Å². The van der Waals surface area contributed by atoms with E-state index in [1.165, 1.54) is 29.1 Å². The van der Waals surface area contributed by atoms with Crippen molar-refractivity contribution in [1.29, 1.82) is 0 Å². The third-order valence-corrected chi connectivity index (χ3v) is 8.00. The Morgan fingerprint density at radius 1 is 1.09 bits per heavy atom. The first-order chi connectivity index (χ1) is 20.2. The fraction of sp³-hybridized carbons (Fsp3) is 0.370. The Balaban J connectivity index is 1.31. The van der Waals surface area contributed by atoms with Gasteiger partial charge in [0.2, 0.25) is 5.91 Å². The lowest BCUT2D eigenvalue weighted by molar-refractivity contribution is -0.302. The molecule has 4 heterocycles. The number of nitrogens with one attached hydrogen (secondary N) is 1. The van der Waals surface area contributed by atoms with Crippen molar-refractivity contribution < 1.29 is 45.5 Å². The Bertz CT molecular complexity index is 1640. The van der Waals surface area contributed by atoms with Gasteiger partial charge in [0.05, 0.1) is 44.3 Å². The summed E-state index contributed by atoms with van der Waals surface area (Å²) in [5.41, 5.74) is -4.94. The molecule has 2 fully saturated rings. The summed E-state index contributed by atoms with van der Waals surface area (Å²) in [5, 5.41) is 6.29. The van der Waals surface area contributed by atoms with E-state index in [1.54, 1.807) is 13.2 Å². The van der Waals surface area contributed by atoms with Crippen molar-refractivity contribution in [1.82, 2.24) is 29.9 Å². The number of amides is 4. The van der Waals surface area contributed by atoms with Gasteiger partial charge in [0, 0.05) is 24.4 Å². The van der Waals surface area contributed by atoms with E-state index in [0.29, 0.717) is 20.9 Å². The fourth-order valence-corrected chi connectivity index (χ4v) is 5.69. The van der Waals surface area contributed by atoms with Gasteiger partial charge in [-0.15, -0.1) is 0 Å². The summed E-state index contributed by atoms with van der Waals surface area (Å²) in [5.74, 6) is -6.85. The number of carbonyl (C=O) groups excluding carboxylic acids is 3. The average Bonchev–Trinajstić information content (AvgIpc) is 3.51. The van der Waals surface area contributed by atoms with Crippen LogP contribution in [0.3, 0.4) is 0 Å². The van der Waals surface area contributed by atoms with Crippen LogP contribution in [0, 0.1) is 5.82 Å². The SMILES string of the molecule is Cn1cc(-c2ccc3c(c2)C(F)(F)C[C@]32NC(=O)N(CC(=O)N(Cc3ccc(F)cn3)C3(C(F)(F)F)COC3)C2=O)cn1. The number of hydrogen-bond donors (Lipinski definition) is 1. The standard InChI is InChI=1S/C27H22F6N6O4/c1-37-9-16(7-35-37)15-2-5-19-20(6-15)26(29,30)12-25(19)22(41)38(23(42)36-25)11-21(40)39(10-18-4-3-17(28)8-34-18)24(13-43-14-24)27(31,32)33/h2-9H,10-14H2,1H3,(H,36,42)/t25-/m0/s1. The first-order valence-corrected chi connectivity index (χ1v) is 12.9. The molecule has 0 bridgehead atoms. The van der Waals surface area contributed by atoms with Crippen LogP contribution in [0.1, 0.15) is 23.2 Å². The molecule has 2 aliphatic heterocycles. The fourth-order valence-electron chi connectivity index (χ4n) is 5.69. The second-order valence-corrected chi connectivity index (χ2v) is 10.7. The van der Waals surface area contributed by atoms with Gasteiger partial charge in [-0.3, -0.25) is 24.2 Å². The molecule has 43 heavy (non-hydrogen) atoms. The van der Waals surface area contributed by atoms with Crippen LogP contribution >= 0.6 is 0 Å². The van der Waals surface area contributed by atoms with Crippen LogP contribution in [0.4, 0.5) is 31.1 Å². The van der Waals surface area contributed by atoms with Gasteiger partial charge in [-0.05, 0) is 29.3 Å². The molecule has 0 unspecified atom stereocenters. The zero-order chi connectivity index (χ0) is 30.9. The number of hydrogen-bond acceptors (Lipinski definition) is 6. The monoisotopic (exact) mass is 608 g/mol. The molecule has 2 saturated heterocycles. The van der Waals surface area contributed by atoms with E-state index < -0.39 is 85.1 Å². The maximum Gasteiger partial charge on any atom is 0.416 e. The molecule has 2 aromatic heterocycles. The van der Waals surface area contributed by atoms with E-state index in [0.717, 1.165) is 18.3 Å². The van der Waals surface area contributed by atoms with Gasteiger partial charge in [0.25, 0.3) is 11.8 Å². The Morgan fingerprint density at radius 2 is 1.84 bits per heavy atom. The first-order valence-electron chi connectivity index (χ1n) is 12.9. The molecule has 16 heteroatoms. The lowest BCUT2D eigenvalue weighted by atomic mass is 9.90. The van der Waals surface area contributed by atoms with E-state index in [4.69, 9.17) is 4.74 Å². The predicted octanol–water partition coefficient (Wildman–Crippen LogP) is 3.22. The summed E-state index contributed by atoms with van der Waals surface area (Å²) < 4.78 is 93.1. The lowest BCUT2D eigenvalue weighted by Crippen LogP contribution is -2.72. The zero-order valence-corrected chi connectivity index (χ0v) is 22.3. The number of nitrogens with zero attached hydrogens (tertiary/aromatic N) is 5. The summed E-state index contributed by atoms with van der Waals surface area (Å²) >= 11 is 0. The van der Waals surface area contributed by atoms with Crippen molar-refractivity contribution in [3.8, 4) is 11.1 Å². The lowest BCUT2D eigenvalue weighted by Gasteiger charge is -2.50. The van der Waals surface area contributed by atoms with Crippen molar-refractivity contribution >= 4 is 17.8 Å². The second-order valence-electron chi connectivity index (χ2n) is 10.7. The molecule has 226 valence electrons. The van der Waals surface area contributed by atoms with Crippen LogP contribution in [-0.4, -0.2) is 73.9 Å². The van der Waals surface area contributed by atoms with E-state index in [1.807, 2.05) is 0 Å². The van der Waals surface area contributed by atoms with Crippen LogP contribution in [0.25, 0.3) is 11.1 Å². The first kappa shape index (κ1) is 28.6. The second kappa shape index (κ2) is 9.52. The van der Waals surface area contributed by atoms with Crippen molar-refractivity contribution in [2.75, 3.05) is 19.8 Å².